The van der Waals surface area contributed by atoms with Crippen LogP contribution in [0.5, 0.6) is 5.75 Å². The molecule has 2 rings (SSSR count). The molecule has 0 saturated carbocycles. The minimum Gasteiger partial charge on any atom is -0.508 e. The molecule has 1 nitrogen and oxygen atoms in total. The van der Waals surface area contributed by atoms with Gasteiger partial charge in [0.15, 0.2) is 0 Å². The predicted octanol–water partition coefficient (Wildman–Crippen LogP) is 4.33. The molecule has 0 saturated heterocycles. The van der Waals surface area contributed by atoms with Gasteiger partial charge in [-0.3, -0.25) is 0 Å². The zero-order chi connectivity index (χ0) is 13.1. The number of benzene rings is 2. The lowest BCUT2D eigenvalue weighted by molar-refractivity contribution is 0.466. The predicted molar refractivity (Wildman–Crippen MR) is 76.1 cm³/mol. The Bertz CT molecular complexity index is 532. The van der Waals surface area contributed by atoms with Gasteiger partial charge in [-0.1, -0.05) is 42.5 Å². The third-order valence-electron chi connectivity index (χ3n) is 3.21. The van der Waals surface area contributed by atoms with E-state index in [-0.39, 0.29) is 5.92 Å². The largest absolute Gasteiger partial charge is 0.508 e. The first-order chi connectivity index (χ1) is 8.63. The Kier molecular flexibility index (Phi) is 3.52. The lowest BCUT2D eigenvalue weighted by Gasteiger charge is -2.18. The topological polar surface area (TPSA) is 20.2 Å². The molecule has 1 N–H and O–H groups in total. The van der Waals surface area contributed by atoms with Crippen LogP contribution in [0.25, 0.3) is 0 Å². The summed E-state index contributed by atoms with van der Waals surface area (Å²) < 4.78 is 0. The van der Waals surface area contributed by atoms with E-state index in [0.29, 0.717) is 5.75 Å². The van der Waals surface area contributed by atoms with Gasteiger partial charge in [0.2, 0.25) is 0 Å². The molecular weight excluding hydrogens is 220 g/mol. The van der Waals surface area contributed by atoms with Gasteiger partial charge < -0.3 is 5.11 Å². The third-order valence-corrected chi connectivity index (χ3v) is 3.21. The number of hydrogen-bond acceptors (Lipinski definition) is 1. The maximum atomic E-state index is 10.2. The van der Waals surface area contributed by atoms with Crippen molar-refractivity contribution in [3.8, 4) is 5.75 Å². The van der Waals surface area contributed by atoms with Crippen LogP contribution in [0.2, 0.25) is 0 Å². The number of phenols is 1. The fraction of sp³-hybridized carbons (Fsp3) is 0.176. The fourth-order valence-corrected chi connectivity index (χ4v) is 2.44. The van der Waals surface area contributed by atoms with E-state index < -0.39 is 0 Å². The van der Waals surface area contributed by atoms with E-state index in [1.54, 1.807) is 0 Å². The lowest BCUT2D eigenvalue weighted by Crippen LogP contribution is -2.01. The van der Waals surface area contributed by atoms with Crippen LogP contribution in [-0.2, 0) is 0 Å². The molecule has 0 radical (unpaired) electrons. The maximum Gasteiger partial charge on any atom is 0.120 e. The molecule has 1 atom stereocenters. The van der Waals surface area contributed by atoms with Gasteiger partial charge in [-0.25, -0.2) is 0 Å². The number of aryl methyl sites for hydroxylation is 2. The number of rotatable bonds is 3. The van der Waals surface area contributed by atoms with E-state index >= 15 is 0 Å². The van der Waals surface area contributed by atoms with Crippen molar-refractivity contribution in [2.45, 2.75) is 19.8 Å². The number of allylic oxidation sites excluding steroid dienone is 1. The summed E-state index contributed by atoms with van der Waals surface area (Å²) in [6.45, 7) is 7.92. The zero-order valence-electron chi connectivity index (χ0n) is 10.9. The van der Waals surface area contributed by atoms with Crippen molar-refractivity contribution in [3.05, 3.63) is 77.4 Å². The maximum absolute atomic E-state index is 10.2. The molecule has 1 heteroatoms. The van der Waals surface area contributed by atoms with Crippen molar-refractivity contribution >= 4 is 0 Å². The fourth-order valence-electron chi connectivity index (χ4n) is 2.44. The molecule has 2 aromatic carbocycles. The Balaban J connectivity index is 2.56. The molecule has 0 spiro atoms. The quantitative estimate of drug-likeness (QED) is 0.789. The van der Waals surface area contributed by atoms with Crippen LogP contribution in [0.1, 0.15) is 28.2 Å². The molecule has 0 aliphatic rings. The summed E-state index contributed by atoms with van der Waals surface area (Å²) in [5.41, 5.74) is 4.27. The van der Waals surface area contributed by atoms with E-state index in [0.717, 1.165) is 22.3 Å². The summed E-state index contributed by atoms with van der Waals surface area (Å²) in [6, 6.07) is 14.0. The Labute approximate surface area is 108 Å². The number of hydrogen-bond donors (Lipinski definition) is 1. The van der Waals surface area contributed by atoms with Crippen molar-refractivity contribution in [2.75, 3.05) is 0 Å². The van der Waals surface area contributed by atoms with Gasteiger partial charge in [0, 0.05) is 11.5 Å². The average molecular weight is 238 g/mol. The van der Waals surface area contributed by atoms with Crippen molar-refractivity contribution in [1.29, 1.82) is 0 Å². The minimum absolute atomic E-state index is 0.0341. The van der Waals surface area contributed by atoms with Crippen LogP contribution in [0, 0.1) is 13.8 Å². The Morgan fingerprint density at radius 3 is 2.33 bits per heavy atom. The molecule has 0 bridgehead atoms. The molecule has 0 aliphatic heterocycles. The third kappa shape index (κ3) is 2.30. The summed E-state index contributed by atoms with van der Waals surface area (Å²) in [5, 5.41) is 10.2. The van der Waals surface area contributed by atoms with E-state index in [2.05, 4.69) is 24.8 Å². The highest BCUT2D eigenvalue weighted by atomic mass is 16.3. The summed E-state index contributed by atoms with van der Waals surface area (Å²) in [5.74, 6) is 0.382. The van der Waals surface area contributed by atoms with Crippen molar-refractivity contribution in [2.24, 2.45) is 0 Å². The Morgan fingerprint density at radius 1 is 1.11 bits per heavy atom. The summed E-state index contributed by atoms with van der Waals surface area (Å²) in [6.07, 6.45) is 1.88. The average Bonchev–Trinajstić information content (AvgIpc) is 2.34. The van der Waals surface area contributed by atoms with E-state index in [9.17, 15) is 5.11 Å². The van der Waals surface area contributed by atoms with Gasteiger partial charge in [-0.05, 0) is 36.6 Å². The van der Waals surface area contributed by atoms with Gasteiger partial charge in [0.1, 0.15) is 5.75 Å². The molecule has 0 aromatic heterocycles. The Morgan fingerprint density at radius 2 is 1.78 bits per heavy atom. The summed E-state index contributed by atoms with van der Waals surface area (Å²) >= 11 is 0. The molecular formula is C17H18O. The molecule has 0 aliphatic carbocycles. The second-order valence-electron chi connectivity index (χ2n) is 4.64. The monoisotopic (exact) mass is 238 g/mol. The van der Waals surface area contributed by atoms with Crippen LogP contribution in [0.4, 0.5) is 0 Å². The smallest absolute Gasteiger partial charge is 0.120 e. The highest BCUT2D eigenvalue weighted by Crippen LogP contribution is 2.35. The number of aromatic hydroxyl groups is 1. The summed E-state index contributed by atoms with van der Waals surface area (Å²) in [7, 11) is 0. The lowest BCUT2D eigenvalue weighted by atomic mass is 9.87. The first kappa shape index (κ1) is 12.4. The molecule has 2 aromatic rings. The molecule has 0 fully saturated rings. The van der Waals surface area contributed by atoms with Gasteiger partial charge in [0.05, 0.1) is 0 Å². The molecule has 0 heterocycles. The standard InChI is InChI=1S/C17H18O/c1-4-15(14-8-6-5-7-9-14)17-13(3)10-12(2)11-16(17)18/h4-11,15,18H,1H2,2-3H3. The number of phenolic OH excluding ortho intramolecular Hbond substituents is 1. The highest BCUT2D eigenvalue weighted by molar-refractivity contribution is 5.50. The van der Waals surface area contributed by atoms with Crippen molar-refractivity contribution in [3.63, 3.8) is 0 Å². The van der Waals surface area contributed by atoms with E-state index in [1.165, 1.54) is 0 Å². The van der Waals surface area contributed by atoms with Crippen LogP contribution in [0.15, 0.2) is 55.1 Å². The molecule has 1 unspecified atom stereocenters. The van der Waals surface area contributed by atoms with E-state index in [1.807, 2.05) is 44.2 Å². The molecule has 18 heavy (non-hydrogen) atoms. The van der Waals surface area contributed by atoms with Crippen molar-refractivity contribution in [1.82, 2.24) is 0 Å². The first-order valence-corrected chi connectivity index (χ1v) is 6.11. The SMILES string of the molecule is C=CC(c1ccccc1)c1c(C)cc(C)cc1O. The van der Waals surface area contributed by atoms with Crippen LogP contribution < -0.4 is 0 Å². The first-order valence-electron chi connectivity index (χ1n) is 6.11. The second kappa shape index (κ2) is 5.09. The summed E-state index contributed by atoms with van der Waals surface area (Å²) in [4.78, 5) is 0. The Hall–Kier alpha value is -2.02. The minimum atomic E-state index is 0.0341. The molecule has 92 valence electrons. The normalized spacial score (nSPS) is 12.1. The van der Waals surface area contributed by atoms with Gasteiger partial charge >= 0.3 is 0 Å². The second-order valence-corrected chi connectivity index (χ2v) is 4.64. The van der Waals surface area contributed by atoms with Crippen LogP contribution in [0.3, 0.4) is 0 Å². The van der Waals surface area contributed by atoms with Crippen molar-refractivity contribution < 1.29 is 5.11 Å². The highest BCUT2D eigenvalue weighted by Gasteiger charge is 2.16. The van der Waals surface area contributed by atoms with Gasteiger partial charge in [-0.15, -0.1) is 6.58 Å². The van der Waals surface area contributed by atoms with Crippen LogP contribution in [-0.4, -0.2) is 5.11 Å². The van der Waals surface area contributed by atoms with Gasteiger partial charge in [0.25, 0.3) is 0 Å². The van der Waals surface area contributed by atoms with Gasteiger partial charge in [-0.2, -0.15) is 0 Å². The molecule has 0 amide bonds. The van der Waals surface area contributed by atoms with E-state index in [4.69, 9.17) is 0 Å². The zero-order valence-corrected chi connectivity index (χ0v) is 10.9. The van der Waals surface area contributed by atoms with Crippen LogP contribution >= 0.6 is 0 Å².